The van der Waals surface area contributed by atoms with Crippen LogP contribution >= 0.6 is 0 Å². The molecular weight excluding hydrogens is 528 g/mol. The molecule has 12 nitrogen and oxygen atoms in total. The second-order valence-electron chi connectivity index (χ2n) is 11.6. The quantitative estimate of drug-likeness (QED) is 0.227. The van der Waals surface area contributed by atoms with Gasteiger partial charge >= 0.3 is 29.8 Å². The van der Waals surface area contributed by atoms with Gasteiger partial charge in [0.2, 0.25) is 0 Å². The Morgan fingerprint density at radius 2 is 1.50 bits per heavy atom. The first-order valence-corrected chi connectivity index (χ1v) is 13.1. The Morgan fingerprint density at radius 3 is 2.02 bits per heavy atom. The molecule has 2 fully saturated rings. The Morgan fingerprint density at radius 1 is 0.925 bits per heavy atom. The fourth-order valence-corrected chi connectivity index (χ4v) is 6.76. The number of carbonyl (C=O) groups excluding carboxylic acids is 5. The second-order valence-corrected chi connectivity index (χ2v) is 11.6. The van der Waals surface area contributed by atoms with E-state index in [1.54, 1.807) is 26.0 Å². The third-order valence-electron chi connectivity index (χ3n) is 8.60. The maximum absolute atomic E-state index is 13.1. The van der Waals surface area contributed by atoms with E-state index in [0.717, 1.165) is 0 Å². The summed E-state index contributed by atoms with van der Waals surface area (Å²) in [5, 5.41) is 12.2. The number of epoxide rings is 1. The van der Waals surface area contributed by atoms with Gasteiger partial charge in [0, 0.05) is 45.4 Å². The van der Waals surface area contributed by atoms with Crippen LogP contribution in [0, 0.1) is 11.3 Å². The second kappa shape index (κ2) is 9.69. The van der Waals surface area contributed by atoms with Crippen molar-refractivity contribution in [1.82, 2.24) is 0 Å². The highest BCUT2D eigenvalue weighted by molar-refractivity contribution is 5.89. The third kappa shape index (κ3) is 4.50. The van der Waals surface area contributed by atoms with Crippen LogP contribution in [-0.2, 0) is 52.4 Å². The number of carbonyl (C=O) groups is 5. The number of fused-ring (bicyclic) bond motifs is 1. The number of hydrogen-bond acceptors (Lipinski definition) is 12. The lowest BCUT2D eigenvalue weighted by atomic mass is 9.55. The lowest BCUT2D eigenvalue weighted by Gasteiger charge is -2.55. The molecule has 2 saturated heterocycles. The van der Waals surface area contributed by atoms with Crippen molar-refractivity contribution in [1.29, 1.82) is 0 Å². The monoisotopic (exact) mass is 564 g/mol. The molecule has 0 saturated carbocycles. The van der Waals surface area contributed by atoms with Gasteiger partial charge in [-0.1, -0.05) is 13.0 Å². The van der Waals surface area contributed by atoms with E-state index in [4.69, 9.17) is 28.4 Å². The lowest BCUT2D eigenvalue weighted by molar-refractivity contribution is -0.220. The Kier molecular flexibility index (Phi) is 7.20. The first-order valence-electron chi connectivity index (χ1n) is 13.1. The molecule has 2 heterocycles. The van der Waals surface area contributed by atoms with Gasteiger partial charge in [0.1, 0.15) is 30.0 Å². The molecular formula is C28H36O12. The van der Waals surface area contributed by atoms with E-state index in [0.29, 0.717) is 5.57 Å². The summed E-state index contributed by atoms with van der Waals surface area (Å²) in [6.45, 7) is 11.1. The molecule has 4 rings (SSSR count). The fourth-order valence-electron chi connectivity index (χ4n) is 6.76. The smallest absolute Gasteiger partial charge is 0.342 e. The van der Waals surface area contributed by atoms with Gasteiger partial charge in [-0.15, -0.1) is 0 Å². The van der Waals surface area contributed by atoms with Crippen LogP contribution in [0.1, 0.15) is 61.8 Å². The Balaban J connectivity index is 2.04. The summed E-state index contributed by atoms with van der Waals surface area (Å²) in [6.07, 6.45) is -1.03. The van der Waals surface area contributed by atoms with E-state index in [9.17, 15) is 29.1 Å². The molecule has 2 aliphatic heterocycles. The minimum absolute atomic E-state index is 0.0499. The molecule has 0 bridgehead atoms. The number of hydrogen-bond donors (Lipinski definition) is 1. The van der Waals surface area contributed by atoms with E-state index in [1.165, 1.54) is 47.6 Å². The zero-order chi connectivity index (χ0) is 30.0. The van der Waals surface area contributed by atoms with Crippen LogP contribution in [0.2, 0.25) is 0 Å². The third-order valence-corrected chi connectivity index (χ3v) is 8.60. The highest BCUT2D eigenvalue weighted by Crippen LogP contribution is 2.65. The van der Waals surface area contributed by atoms with E-state index in [-0.39, 0.29) is 6.42 Å². The molecule has 4 aliphatic rings. The van der Waals surface area contributed by atoms with E-state index in [2.05, 4.69) is 0 Å². The maximum Gasteiger partial charge on any atom is 0.342 e. The number of ether oxygens (including phenoxy) is 6. The zero-order valence-electron chi connectivity index (χ0n) is 23.8. The maximum atomic E-state index is 13.1. The van der Waals surface area contributed by atoms with Crippen LogP contribution in [0.15, 0.2) is 23.8 Å². The molecule has 1 N–H and O–H groups in total. The van der Waals surface area contributed by atoms with Crippen LogP contribution in [0.3, 0.4) is 0 Å². The number of aliphatic hydroxyl groups is 1. The van der Waals surface area contributed by atoms with Gasteiger partial charge in [0.05, 0.1) is 0 Å². The van der Waals surface area contributed by atoms with Crippen LogP contribution in [0.25, 0.3) is 0 Å². The van der Waals surface area contributed by atoms with Crippen LogP contribution in [0.5, 0.6) is 0 Å². The normalized spacial score (nSPS) is 44.8. The predicted molar refractivity (Wildman–Crippen MR) is 134 cm³/mol. The summed E-state index contributed by atoms with van der Waals surface area (Å²) in [5.41, 5.74) is -5.99. The largest absolute Gasteiger partial charge is 0.461 e. The summed E-state index contributed by atoms with van der Waals surface area (Å²) in [6, 6.07) is 0. The van der Waals surface area contributed by atoms with E-state index < -0.39 is 88.5 Å². The molecule has 0 aromatic carbocycles. The SMILES string of the molecule is CC(=O)O[C@H]1C[C@@H](OC(C)=O)/C(C)=C\[C@@H]2OC(=O)[C@]3(C)O[C@]23[C@@H](OC(C)=O)[C@H]2[C@](C)(O)[C@H](OC(C)=O)C=C[C@@]12C. The Bertz CT molecular complexity index is 1200. The van der Waals surface area contributed by atoms with Gasteiger partial charge in [-0.05, 0) is 38.5 Å². The van der Waals surface area contributed by atoms with Crippen molar-refractivity contribution in [2.45, 2.75) is 109 Å². The highest BCUT2D eigenvalue weighted by atomic mass is 16.7. The standard InChI is InChI=1S/C28H36O12/c1-13-11-21-28(27(8,40-28)24(33)39-21)23(38-17(5)32)22-25(6,10-9-19(26(22,7)34)36-15(3)30)20(37-16(4)31)12-18(13)35-14(2)29/h9-11,18-23,34H,12H2,1-8H3/b13-11-/t18-,19-,20+,21+,22-,23+,25+,26-,27+,28+/m1/s1. The molecule has 40 heavy (non-hydrogen) atoms. The van der Waals surface area contributed by atoms with Gasteiger partial charge in [0.15, 0.2) is 17.3 Å². The first kappa shape index (κ1) is 29.7. The highest BCUT2D eigenvalue weighted by Gasteiger charge is 2.87. The topological polar surface area (TPSA) is 164 Å². The fraction of sp³-hybridized carbons (Fsp3) is 0.679. The average Bonchev–Trinajstić information content (AvgIpc) is 3.39. The summed E-state index contributed by atoms with van der Waals surface area (Å²) in [4.78, 5) is 62.2. The molecule has 1 spiro atoms. The number of esters is 5. The Labute approximate surface area is 231 Å². The van der Waals surface area contributed by atoms with Crippen molar-refractivity contribution in [3.05, 3.63) is 23.8 Å². The van der Waals surface area contributed by atoms with Crippen LogP contribution < -0.4 is 0 Å². The van der Waals surface area contributed by atoms with Crippen molar-refractivity contribution >= 4 is 29.8 Å². The molecule has 0 aromatic heterocycles. The van der Waals surface area contributed by atoms with E-state index in [1.807, 2.05) is 0 Å². The van der Waals surface area contributed by atoms with Crippen molar-refractivity contribution in [2.75, 3.05) is 0 Å². The molecule has 12 heteroatoms. The predicted octanol–water partition coefficient (Wildman–Crippen LogP) is 1.46. The Hall–Kier alpha value is -3.25. The van der Waals surface area contributed by atoms with Crippen molar-refractivity contribution in [3.63, 3.8) is 0 Å². The molecule has 0 radical (unpaired) electrons. The van der Waals surface area contributed by atoms with Crippen LogP contribution in [0.4, 0.5) is 0 Å². The minimum Gasteiger partial charge on any atom is -0.461 e. The van der Waals surface area contributed by atoms with Crippen molar-refractivity contribution < 1.29 is 57.5 Å². The van der Waals surface area contributed by atoms with Crippen molar-refractivity contribution in [2.24, 2.45) is 11.3 Å². The van der Waals surface area contributed by atoms with Gasteiger partial charge < -0.3 is 33.5 Å². The molecule has 220 valence electrons. The number of rotatable bonds is 4. The average molecular weight is 565 g/mol. The molecule has 0 aromatic rings. The minimum atomic E-state index is -1.96. The first-order chi connectivity index (χ1) is 18.4. The van der Waals surface area contributed by atoms with E-state index >= 15 is 0 Å². The zero-order valence-corrected chi connectivity index (χ0v) is 23.8. The molecule has 10 atom stereocenters. The summed E-state index contributed by atoms with van der Waals surface area (Å²) in [7, 11) is 0. The summed E-state index contributed by atoms with van der Waals surface area (Å²) >= 11 is 0. The van der Waals surface area contributed by atoms with Gasteiger partial charge in [-0.3, -0.25) is 19.2 Å². The lowest BCUT2D eigenvalue weighted by Crippen LogP contribution is -2.67. The molecule has 0 amide bonds. The summed E-state index contributed by atoms with van der Waals surface area (Å²) in [5.74, 6) is -4.55. The van der Waals surface area contributed by atoms with Crippen molar-refractivity contribution in [3.8, 4) is 0 Å². The van der Waals surface area contributed by atoms with Gasteiger partial charge in [-0.25, -0.2) is 4.79 Å². The van der Waals surface area contributed by atoms with Crippen LogP contribution in [-0.4, -0.2) is 82.3 Å². The van der Waals surface area contributed by atoms with Gasteiger partial charge in [0.25, 0.3) is 0 Å². The molecule has 0 unspecified atom stereocenters. The summed E-state index contributed by atoms with van der Waals surface area (Å²) < 4.78 is 34.6. The van der Waals surface area contributed by atoms with Gasteiger partial charge in [-0.2, -0.15) is 0 Å². The molecule has 2 aliphatic carbocycles.